The van der Waals surface area contributed by atoms with Crippen LogP contribution in [-0.4, -0.2) is 32.3 Å². The number of rotatable bonds is 5. The number of anilines is 1. The third-order valence-electron chi connectivity index (χ3n) is 4.60. The summed E-state index contributed by atoms with van der Waals surface area (Å²) in [5.41, 5.74) is 1.67. The molecule has 2 aromatic carbocycles. The Morgan fingerprint density at radius 1 is 1.07 bits per heavy atom. The molecule has 0 unspecified atom stereocenters. The van der Waals surface area contributed by atoms with Gasteiger partial charge in [0.25, 0.3) is 15.9 Å². The van der Waals surface area contributed by atoms with Crippen LogP contribution in [0.25, 0.3) is 6.08 Å². The fourth-order valence-corrected chi connectivity index (χ4v) is 3.87. The molecule has 3 rings (SSSR count). The number of likely N-dealkylation sites (tertiary alicyclic amines) is 1. The van der Waals surface area contributed by atoms with E-state index >= 15 is 0 Å². The Balaban J connectivity index is 1.62. The van der Waals surface area contributed by atoms with Crippen LogP contribution in [0.15, 0.2) is 60.0 Å². The smallest absolute Gasteiger partial charge is 0.255 e. The summed E-state index contributed by atoms with van der Waals surface area (Å²) < 4.78 is 26.9. The molecule has 6 nitrogen and oxygen atoms in total. The van der Waals surface area contributed by atoms with Crippen molar-refractivity contribution in [1.29, 1.82) is 5.26 Å². The molecule has 1 aliphatic heterocycles. The van der Waals surface area contributed by atoms with Crippen LogP contribution in [0.4, 0.5) is 5.69 Å². The van der Waals surface area contributed by atoms with Crippen molar-refractivity contribution in [2.24, 2.45) is 5.92 Å². The summed E-state index contributed by atoms with van der Waals surface area (Å²) >= 11 is 0. The highest BCUT2D eigenvalue weighted by atomic mass is 32.2. The molecule has 7 heteroatoms. The molecular formula is C21H21N3O3S. The number of carbonyl (C=O) groups is 1. The van der Waals surface area contributed by atoms with Gasteiger partial charge in [0.2, 0.25) is 0 Å². The molecule has 0 aromatic heterocycles. The molecule has 0 saturated carbocycles. The number of benzene rings is 2. The predicted octanol–water partition coefficient (Wildman–Crippen LogP) is 3.47. The quantitative estimate of drug-likeness (QED) is 0.839. The van der Waals surface area contributed by atoms with Gasteiger partial charge in [-0.25, -0.2) is 8.42 Å². The van der Waals surface area contributed by atoms with Crippen LogP contribution in [0.2, 0.25) is 0 Å². The highest BCUT2D eigenvalue weighted by Gasteiger charge is 2.23. The molecule has 144 valence electrons. The molecule has 1 fully saturated rings. The van der Waals surface area contributed by atoms with Crippen molar-refractivity contribution in [2.75, 3.05) is 17.8 Å². The summed E-state index contributed by atoms with van der Waals surface area (Å²) in [7, 11) is -3.65. The largest absolute Gasteiger partial charge is 0.339 e. The lowest BCUT2D eigenvalue weighted by molar-refractivity contribution is 0.0707. The summed E-state index contributed by atoms with van der Waals surface area (Å²) in [5, 5.41) is 10.1. The molecule has 0 radical (unpaired) electrons. The van der Waals surface area contributed by atoms with Crippen molar-refractivity contribution in [3.8, 4) is 6.07 Å². The summed E-state index contributed by atoms with van der Waals surface area (Å²) in [6.45, 7) is 1.13. The monoisotopic (exact) mass is 395 g/mol. The maximum absolute atomic E-state index is 12.5. The number of piperidine rings is 1. The molecular weight excluding hydrogens is 374 g/mol. The normalized spacial score (nSPS) is 15.3. The van der Waals surface area contributed by atoms with E-state index in [4.69, 9.17) is 5.26 Å². The van der Waals surface area contributed by atoms with E-state index in [1.807, 2.05) is 30.3 Å². The first-order valence-corrected chi connectivity index (χ1v) is 10.6. The van der Waals surface area contributed by atoms with Crippen LogP contribution in [0.5, 0.6) is 0 Å². The Morgan fingerprint density at radius 3 is 2.32 bits per heavy atom. The predicted molar refractivity (Wildman–Crippen MR) is 109 cm³/mol. The van der Waals surface area contributed by atoms with Crippen molar-refractivity contribution >= 4 is 27.7 Å². The molecule has 0 atom stereocenters. The fraction of sp³-hybridized carbons (Fsp3) is 0.238. The molecule has 2 aromatic rings. The zero-order chi connectivity index (χ0) is 20.0. The van der Waals surface area contributed by atoms with Gasteiger partial charge in [-0.1, -0.05) is 30.3 Å². The SMILES string of the molecule is N#CC1CCN(C(=O)c2ccc(NS(=O)(=O)/C=C/c3ccccc3)cc2)CC1. The maximum Gasteiger partial charge on any atom is 0.255 e. The van der Waals surface area contributed by atoms with Gasteiger partial charge in [0.15, 0.2) is 0 Å². The standard InChI is InChI=1S/C21H21N3O3S/c22-16-18-10-13-24(14-11-18)21(25)19-6-8-20(9-7-19)23-28(26,27)15-12-17-4-2-1-3-5-17/h1-9,12,15,18,23H,10-11,13-14H2/b15-12+. The van der Waals surface area contributed by atoms with Crippen molar-refractivity contribution < 1.29 is 13.2 Å². The minimum atomic E-state index is -3.65. The van der Waals surface area contributed by atoms with Gasteiger partial charge in [-0.3, -0.25) is 9.52 Å². The molecule has 28 heavy (non-hydrogen) atoms. The van der Waals surface area contributed by atoms with Crippen molar-refractivity contribution in [2.45, 2.75) is 12.8 Å². The van der Waals surface area contributed by atoms with Gasteiger partial charge >= 0.3 is 0 Å². The van der Waals surface area contributed by atoms with E-state index in [0.29, 0.717) is 37.2 Å². The van der Waals surface area contributed by atoms with Gasteiger partial charge in [-0.2, -0.15) is 5.26 Å². The van der Waals surface area contributed by atoms with Gasteiger partial charge in [0.1, 0.15) is 0 Å². The van der Waals surface area contributed by atoms with Gasteiger partial charge in [-0.05, 0) is 48.7 Å². The second kappa shape index (κ2) is 8.72. The van der Waals surface area contributed by atoms with Crippen LogP contribution in [-0.2, 0) is 10.0 Å². The molecule has 0 spiro atoms. The second-order valence-corrected chi connectivity index (χ2v) is 8.20. The summed E-state index contributed by atoms with van der Waals surface area (Å²) in [5.74, 6) is -0.0838. The Kier molecular flexibility index (Phi) is 6.12. The molecule has 1 heterocycles. The lowest BCUT2D eigenvalue weighted by Crippen LogP contribution is -2.38. The minimum absolute atomic E-state index is 0.0183. The molecule has 0 bridgehead atoms. The first-order valence-electron chi connectivity index (χ1n) is 9.02. The highest BCUT2D eigenvalue weighted by Crippen LogP contribution is 2.19. The zero-order valence-corrected chi connectivity index (χ0v) is 16.1. The highest BCUT2D eigenvalue weighted by molar-refractivity contribution is 7.95. The van der Waals surface area contributed by atoms with Gasteiger partial charge in [0.05, 0.1) is 11.5 Å². The van der Waals surface area contributed by atoms with E-state index in [1.165, 1.54) is 6.08 Å². The first-order chi connectivity index (χ1) is 13.5. The minimum Gasteiger partial charge on any atom is -0.339 e. The van der Waals surface area contributed by atoms with Crippen LogP contribution in [0.1, 0.15) is 28.8 Å². The van der Waals surface area contributed by atoms with Crippen LogP contribution < -0.4 is 4.72 Å². The molecule has 1 aliphatic rings. The summed E-state index contributed by atoms with van der Waals surface area (Å²) in [6.07, 6.45) is 2.90. The third-order valence-corrected chi connectivity index (χ3v) is 5.61. The van der Waals surface area contributed by atoms with Gasteiger partial charge in [-0.15, -0.1) is 0 Å². The Bertz CT molecular complexity index is 985. The Morgan fingerprint density at radius 2 is 1.71 bits per heavy atom. The number of hydrogen-bond acceptors (Lipinski definition) is 4. The molecule has 0 aliphatic carbocycles. The van der Waals surface area contributed by atoms with Crippen molar-refractivity contribution in [3.05, 3.63) is 71.1 Å². The Labute approximate surface area is 165 Å². The van der Waals surface area contributed by atoms with E-state index in [1.54, 1.807) is 29.2 Å². The average molecular weight is 395 g/mol. The zero-order valence-electron chi connectivity index (χ0n) is 15.3. The van der Waals surface area contributed by atoms with E-state index in [0.717, 1.165) is 11.0 Å². The first kappa shape index (κ1) is 19.6. The lowest BCUT2D eigenvalue weighted by atomic mass is 9.98. The third kappa shape index (κ3) is 5.21. The Hall–Kier alpha value is -3.11. The van der Waals surface area contributed by atoms with E-state index in [-0.39, 0.29) is 11.8 Å². The summed E-state index contributed by atoms with van der Waals surface area (Å²) in [4.78, 5) is 14.3. The van der Waals surface area contributed by atoms with Crippen LogP contribution in [0.3, 0.4) is 0 Å². The number of amides is 1. The van der Waals surface area contributed by atoms with E-state index in [9.17, 15) is 13.2 Å². The van der Waals surface area contributed by atoms with Crippen molar-refractivity contribution in [3.63, 3.8) is 0 Å². The fourth-order valence-electron chi connectivity index (χ4n) is 3.01. The number of nitrogens with zero attached hydrogens (tertiary/aromatic N) is 2. The number of carbonyl (C=O) groups excluding carboxylic acids is 1. The second-order valence-electron chi connectivity index (χ2n) is 6.63. The van der Waals surface area contributed by atoms with Crippen LogP contribution in [0, 0.1) is 17.2 Å². The van der Waals surface area contributed by atoms with Crippen molar-refractivity contribution in [1.82, 2.24) is 4.90 Å². The van der Waals surface area contributed by atoms with Gasteiger partial charge < -0.3 is 4.90 Å². The number of hydrogen-bond donors (Lipinski definition) is 1. The molecule has 1 saturated heterocycles. The average Bonchev–Trinajstić information content (AvgIpc) is 2.73. The van der Waals surface area contributed by atoms with E-state index < -0.39 is 10.0 Å². The van der Waals surface area contributed by atoms with Gasteiger partial charge in [0, 0.05) is 30.3 Å². The molecule has 1 N–H and O–H groups in total. The maximum atomic E-state index is 12.5. The molecule has 1 amide bonds. The topological polar surface area (TPSA) is 90.3 Å². The van der Waals surface area contributed by atoms with E-state index in [2.05, 4.69) is 10.8 Å². The number of nitrogens with one attached hydrogen (secondary N) is 1. The summed E-state index contributed by atoms with van der Waals surface area (Å²) in [6, 6.07) is 17.8. The number of sulfonamides is 1. The lowest BCUT2D eigenvalue weighted by Gasteiger charge is -2.29. The number of nitriles is 1. The van der Waals surface area contributed by atoms with Crippen LogP contribution >= 0.6 is 0 Å².